The number of rotatable bonds is 10. The average molecular weight is 296 g/mol. The Kier molecular flexibility index (Phi) is 7.89. The van der Waals surface area contributed by atoms with Crippen molar-refractivity contribution < 1.29 is 19.7 Å². The standard InChI is InChI=1S/C17H28O4/c1-12(2)7-16(10-18)20-14-5-6-15(9-14)21-17(11-19)8-13(3)4/h5-6,14-19H,1,3,7-11H2,2,4H3/t14-,15+,16-,17-/m1/s1. The molecule has 1 aliphatic rings. The summed E-state index contributed by atoms with van der Waals surface area (Å²) in [7, 11) is 0. The predicted octanol–water partition coefficient (Wildman–Crippen LogP) is 2.37. The van der Waals surface area contributed by atoms with Gasteiger partial charge in [-0.15, -0.1) is 13.2 Å². The highest BCUT2D eigenvalue weighted by Crippen LogP contribution is 2.22. The Labute approximate surface area is 127 Å². The Morgan fingerprint density at radius 3 is 1.67 bits per heavy atom. The molecule has 0 heterocycles. The van der Waals surface area contributed by atoms with Crippen LogP contribution in [0.5, 0.6) is 0 Å². The first-order valence-electron chi connectivity index (χ1n) is 7.44. The number of ether oxygens (including phenoxy) is 2. The second-order valence-electron chi connectivity index (χ2n) is 5.90. The summed E-state index contributed by atoms with van der Waals surface area (Å²) in [6, 6.07) is 0. The maximum atomic E-state index is 9.32. The summed E-state index contributed by atoms with van der Waals surface area (Å²) in [5.41, 5.74) is 1.98. The van der Waals surface area contributed by atoms with Gasteiger partial charge in [-0.05, 0) is 26.7 Å². The van der Waals surface area contributed by atoms with E-state index >= 15 is 0 Å². The van der Waals surface area contributed by atoms with Crippen LogP contribution in [0.15, 0.2) is 36.5 Å². The van der Waals surface area contributed by atoms with Crippen molar-refractivity contribution in [2.24, 2.45) is 0 Å². The third-order valence-corrected chi connectivity index (χ3v) is 3.30. The molecule has 0 amide bonds. The second kappa shape index (κ2) is 9.15. The second-order valence-corrected chi connectivity index (χ2v) is 5.90. The van der Waals surface area contributed by atoms with Gasteiger partial charge in [0, 0.05) is 6.42 Å². The van der Waals surface area contributed by atoms with Crippen molar-refractivity contribution in [3.05, 3.63) is 36.5 Å². The van der Waals surface area contributed by atoms with Crippen LogP contribution in [0.2, 0.25) is 0 Å². The molecule has 0 aromatic heterocycles. The van der Waals surface area contributed by atoms with E-state index in [0.29, 0.717) is 19.3 Å². The molecule has 0 fully saturated rings. The van der Waals surface area contributed by atoms with Crippen LogP contribution in [-0.4, -0.2) is 47.8 Å². The summed E-state index contributed by atoms with van der Waals surface area (Å²) in [4.78, 5) is 0. The molecule has 0 bridgehead atoms. The molecule has 0 spiro atoms. The van der Waals surface area contributed by atoms with E-state index in [1.54, 1.807) is 0 Å². The van der Waals surface area contributed by atoms with Gasteiger partial charge < -0.3 is 19.7 Å². The van der Waals surface area contributed by atoms with Crippen LogP contribution in [-0.2, 0) is 9.47 Å². The van der Waals surface area contributed by atoms with Gasteiger partial charge in [-0.3, -0.25) is 0 Å². The lowest BCUT2D eigenvalue weighted by atomic mass is 10.1. The Bertz CT molecular complexity index is 341. The van der Waals surface area contributed by atoms with E-state index < -0.39 is 0 Å². The highest BCUT2D eigenvalue weighted by Gasteiger charge is 2.25. The van der Waals surface area contributed by atoms with Gasteiger partial charge in [-0.2, -0.15) is 0 Å². The molecule has 120 valence electrons. The summed E-state index contributed by atoms with van der Waals surface area (Å²) < 4.78 is 11.7. The first-order valence-corrected chi connectivity index (χ1v) is 7.44. The zero-order valence-corrected chi connectivity index (χ0v) is 13.1. The Morgan fingerprint density at radius 1 is 1.00 bits per heavy atom. The fourth-order valence-electron chi connectivity index (χ4n) is 2.42. The summed E-state index contributed by atoms with van der Waals surface area (Å²) >= 11 is 0. The van der Waals surface area contributed by atoms with E-state index in [9.17, 15) is 10.2 Å². The molecule has 4 atom stereocenters. The lowest BCUT2D eigenvalue weighted by molar-refractivity contribution is -0.0540. The Morgan fingerprint density at radius 2 is 1.38 bits per heavy atom. The maximum absolute atomic E-state index is 9.32. The lowest BCUT2D eigenvalue weighted by Gasteiger charge is -2.23. The molecule has 0 aliphatic heterocycles. The quantitative estimate of drug-likeness (QED) is 0.608. The number of aliphatic hydroxyl groups excluding tert-OH is 2. The molecule has 0 saturated heterocycles. The van der Waals surface area contributed by atoms with Gasteiger partial charge in [0.05, 0.1) is 37.6 Å². The highest BCUT2D eigenvalue weighted by molar-refractivity contribution is 5.06. The molecule has 0 aromatic carbocycles. The Balaban J connectivity index is 2.39. The molecule has 0 saturated carbocycles. The monoisotopic (exact) mass is 296 g/mol. The van der Waals surface area contributed by atoms with E-state index in [2.05, 4.69) is 13.2 Å². The van der Waals surface area contributed by atoms with Crippen molar-refractivity contribution >= 4 is 0 Å². The summed E-state index contributed by atoms with van der Waals surface area (Å²) in [6.07, 6.45) is 5.37. The number of hydrogen-bond donors (Lipinski definition) is 2. The van der Waals surface area contributed by atoms with Crippen LogP contribution in [0.25, 0.3) is 0 Å². The largest absolute Gasteiger partial charge is 0.394 e. The van der Waals surface area contributed by atoms with Gasteiger partial charge in [0.25, 0.3) is 0 Å². The molecule has 0 unspecified atom stereocenters. The van der Waals surface area contributed by atoms with E-state index in [-0.39, 0.29) is 37.6 Å². The lowest BCUT2D eigenvalue weighted by Crippen LogP contribution is -2.27. The number of hydrogen-bond acceptors (Lipinski definition) is 4. The van der Waals surface area contributed by atoms with Crippen LogP contribution >= 0.6 is 0 Å². The smallest absolute Gasteiger partial charge is 0.0850 e. The van der Waals surface area contributed by atoms with E-state index in [0.717, 1.165) is 11.1 Å². The van der Waals surface area contributed by atoms with Crippen molar-refractivity contribution in [1.82, 2.24) is 0 Å². The van der Waals surface area contributed by atoms with E-state index in [4.69, 9.17) is 9.47 Å². The molecule has 1 rings (SSSR count). The highest BCUT2D eigenvalue weighted by atomic mass is 16.5. The average Bonchev–Trinajstić information content (AvgIpc) is 2.83. The van der Waals surface area contributed by atoms with Crippen LogP contribution in [0, 0.1) is 0 Å². The Hall–Kier alpha value is -0.940. The molecule has 4 nitrogen and oxygen atoms in total. The summed E-state index contributed by atoms with van der Waals surface area (Å²) in [5, 5.41) is 18.6. The number of aliphatic hydroxyl groups is 2. The van der Waals surface area contributed by atoms with Crippen LogP contribution in [0.1, 0.15) is 33.1 Å². The van der Waals surface area contributed by atoms with Crippen molar-refractivity contribution in [2.75, 3.05) is 13.2 Å². The van der Waals surface area contributed by atoms with Gasteiger partial charge >= 0.3 is 0 Å². The van der Waals surface area contributed by atoms with Gasteiger partial charge in [-0.25, -0.2) is 0 Å². The summed E-state index contributed by atoms with van der Waals surface area (Å²) in [6.45, 7) is 11.5. The molecular formula is C17H28O4. The van der Waals surface area contributed by atoms with Crippen LogP contribution < -0.4 is 0 Å². The fraction of sp³-hybridized carbons (Fsp3) is 0.647. The minimum Gasteiger partial charge on any atom is -0.394 e. The van der Waals surface area contributed by atoms with E-state index in [1.807, 2.05) is 26.0 Å². The van der Waals surface area contributed by atoms with Crippen molar-refractivity contribution in [2.45, 2.75) is 57.5 Å². The molecular weight excluding hydrogens is 268 g/mol. The zero-order chi connectivity index (χ0) is 15.8. The minimum absolute atomic E-state index is 0.0162. The van der Waals surface area contributed by atoms with Crippen molar-refractivity contribution in [1.29, 1.82) is 0 Å². The zero-order valence-electron chi connectivity index (χ0n) is 13.1. The molecule has 0 aromatic rings. The minimum atomic E-state index is -0.222. The van der Waals surface area contributed by atoms with Gasteiger partial charge in [0.1, 0.15) is 0 Å². The normalized spacial score (nSPS) is 24.0. The molecule has 1 aliphatic carbocycles. The topological polar surface area (TPSA) is 58.9 Å². The molecule has 2 N–H and O–H groups in total. The molecule has 4 heteroatoms. The van der Waals surface area contributed by atoms with E-state index in [1.165, 1.54) is 0 Å². The predicted molar refractivity (Wildman–Crippen MR) is 84.1 cm³/mol. The first-order chi connectivity index (χ1) is 9.94. The van der Waals surface area contributed by atoms with Gasteiger partial charge in [0.2, 0.25) is 0 Å². The SMILES string of the molecule is C=C(C)C[C@H](CO)O[C@@H]1C=C[C@H](O[C@@H](CO)CC(=C)C)C1. The maximum Gasteiger partial charge on any atom is 0.0850 e. The van der Waals surface area contributed by atoms with Crippen molar-refractivity contribution in [3.8, 4) is 0 Å². The van der Waals surface area contributed by atoms with Crippen LogP contribution in [0.3, 0.4) is 0 Å². The van der Waals surface area contributed by atoms with Crippen molar-refractivity contribution in [3.63, 3.8) is 0 Å². The molecule has 21 heavy (non-hydrogen) atoms. The van der Waals surface area contributed by atoms with Gasteiger partial charge in [-0.1, -0.05) is 23.3 Å². The summed E-state index contributed by atoms with van der Waals surface area (Å²) in [5.74, 6) is 0. The third kappa shape index (κ3) is 7.05. The third-order valence-electron chi connectivity index (χ3n) is 3.30. The first kappa shape index (κ1) is 18.1. The fourth-order valence-corrected chi connectivity index (χ4v) is 2.42. The molecule has 0 radical (unpaired) electrons. The van der Waals surface area contributed by atoms with Crippen LogP contribution in [0.4, 0.5) is 0 Å². The van der Waals surface area contributed by atoms with Gasteiger partial charge in [0.15, 0.2) is 0 Å².